The van der Waals surface area contributed by atoms with Gasteiger partial charge in [-0.25, -0.2) is 13.1 Å². The zero-order valence-corrected chi connectivity index (χ0v) is 16.5. The number of rotatable bonds is 7. The Balaban J connectivity index is 2.37. The van der Waals surface area contributed by atoms with Gasteiger partial charge in [-0.15, -0.1) is 0 Å². The molecule has 0 spiro atoms. The average molecular weight is 374 g/mol. The molecule has 26 heavy (non-hydrogen) atoms. The lowest BCUT2D eigenvalue weighted by atomic mass is 10.0. The summed E-state index contributed by atoms with van der Waals surface area (Å²) in [6.45, 7) is 7.33. The highest BCUT2D eigenvalue weighted by atomic mass is 32.2. The Labute approximate surface area is 156 Å². The number of hydrogen-bond acceptors (Lipinski definition) is 3. The van der Waals surface area contributed by atoms with Gasteiger partial charge < -0.3 is 5.11 Å². The number of allylic oxidation sites excluding steroid dienone is 1. The standard InChI is InChI=1S/C21H27NO3S/c1-5-9-20(23)19(14-18-10-7-6-8-11-18)22-26(24,25)21-16(3)12-15(2)13-17(21)4/h5-13,19-20,22-23H,14H2,1-4H3/b9-5+/t19-,20+/m1/s1. The van der Waals surface area contributed by atoms with E-state index in [-0.39, 0.29) is 4.90 Å². The fraction of sp³-hybridized carbons (Fsp3) is 0.333. The highest BCUT2D eigenvalue weighted by molar-refractivity contribution is 7.89. The second-order valence-electron chi connectivity index (χ2n) is 6.66. The Bertz CT molecular complexity index is 850. The van der Waals surface area contributed by atoms with Gasteiger partial charge in [0.15, 0.2) is 0 Å². The molecule has 0 aliphatic heterocycles. The van der Waals surface area contributed by atoms with Crippen LogP contribution < -0.4 is 4.72 Å². The molecule has 2 atom stereocenters. The van der Waals surface area contributed by atoms with Crippen LogP contribution in [-0.4, -0.2) is 25.7 Å². The molecule has 0 aromatic heterocycles. The molecule has 0 heterocycles. The van der Waals surface area contributed by atoms with Crippen LogP contribution in [0.4, 0.5) is 0 Å². The molecular weight excluding hydrogens is 346 g/mol. The molecule has 2 aromatic rings. The Morgan fingerprint density at radius 2 is 1.65 bits per heavy atom. The largest absolute Gasteiger partial charge is 0.387 e. The lowest BCUT2D eigenvalue weighted by Gasteiger charge is -2.23. The summed E-state index contributed by atoms with van der Waals surface area (Å²) < 4.78 is 28.8. The van der Waals surface area contributed by atoms with Gasteiger partial charge in [0.1, 0.15) is 0 Å². The smallest absolute Gasteiger partial charge is 0.241 e. The molecular formula is C21H27NO3S. The van der Waals surface area contributed by atoms with Crippen molar-refractivity contribution in [3.8, 4) is 0 Å². The second-order valence-corrected chi connectivity index (χ2v) is 8.31. The van der Waals surface area contributed by atoms with Gasteiger partial charge in [0.25, 0.3) is 0 Å². The van der Waals surface area contributed by atoms with E-state index in [9.17, 15) is 13.5 Å². The van der Waals surface area contributed by atoms with Gasteiger partial charge >= 0.3 is 0 Å². The molecule has 0 saturated heterocycles. The monoisotopic (exact) mass is 373 g/mol. The van der Waals surface area contributed by atoms with E-state index in [0.717, 1.165) is 11.1 Å². The highest BCUT2D eigenvalue weighted by Gasteiger charge is 2.27. The number of aryl methyl sites for hydroxylation is 3. The zero-order chi connectivity index (χ0) is 19.3. The van der Waals surface area contributed by atoms with Crippen molar-refractivity contribution in [2.24, 2.45) is 0 Å². The molecule has 0 aliphatic carbocycles. The van der Waals surface area contributed by atoms with E-state index < -0.39 is 22.2 Å². The first-order valence-electron chi connectivity index (χ1n) is 8.69. The van der Waals surface area contributed by atoms with E-state index in [1.807, 2.05) is 49.4 Å². The molecule has 0 bridgehead atoms. The molecule has 0 fully saturated rings. The van der Waals surface area contributed by atoms with Gasteiger partial charge in [0, 0.05) is 0 Å². The summed E-state index contributed by atoms with van der Waals surface area (Å²) >= 11 is 0. The normalized spacial score (nSPS) is 14.5. The van der Waals surface area contributed by atoms with Crippen LogP contribution in [0.15, 0.2) is 59.5 Å². The molecule has 0 saturated carbocycles. The Morgan fingerprint density at radius 3 is 2.19 bits per heavy atom. The second kappa shape index (κ2) is 8.62. The Kier molecular flexibility index (Phi) is 6.75. The molecule has 0 aliphatic rings. The van der Waals surface area contributed by atoms with Gasteiger partial charge in [-0.3, -0.25) is 0 Å². The fourth-order valence-electron chi connectivity index (χ4n) is 3.28. The van der Waals surface area contributed by atoms with Crippen LogP contribution in [0.5, 0.6) is 0 Å². The SMILES string of the molecule is C/C=C/[C@H](O)[C@@H](Cc1ccccc1)NS(=O)(=O)c1c(C)cc(C)cc1C. The van der Waals surface area contributed by atoms with Crippen molar-refractivity contribution in [1.82, 2.24) is 4.72 Å². The highest BCUT2D eigenvalue weighted by Crippen LogP contribution is 2.22. The van der Waals surface area contributed by atoms with Gasteiger partial charge in [0.05, 0.1) is 17.0 Å². The molecule has 2 aromatic carbocycles. The van der Waals surface area contributed by atoms with E-state index >= 15 is 0 Å². The van der Waals surface area contributed by atoms with Crippen LogP contribution >= 0.6 is 0 Å². The van der Waals surface area contributed by atoms with E-state index in [0.29, 0.717) is 17.5 Å². The number of benzene rings is 2. The quantitative estimate of drug-likeness (QED) is 0.731. The maximum atomic E-state index is 13.0. The van der Waals surface area contributed by atoms with Crippen molar-refractivity contribution in [2.45, 2.75) is 51.2 Å². The first kappa shape index (κ1) is 20.4. The summed E-state index contributed by atoms with van der Waals surface area (Å²) in [4.78, 5) is 0.286. The third-order valence-electron chi connectivity index (χ3n) is 4.28. The Morgan fingerprint density at radius 1 is 1.08 bits per heavy atom. The molecule has 2 N–H and O–H groups in total. The van der Waals surface area contributed by atoms with Crippen LogP contribution in [0.2, 0.25) is 0 Å². The summed E-state index contributed by atoms with van der Waals surface area (Å²) in [6, 6.07) is 12.6. The number of aliphatic hydroxyl groups is 1. The predicted octanol–water partition coefficient (Wildman–Crippen LogP) is 3.44. The zero-order valence-electron chi connectivity index (χ0n) is 15.7. The lowest BCUT2D eigenvalue weighted by Crippen LogP contribution is -2.44. The topological polar surface area (TPSA) is 66.4 Å². The minimum atomic E-state index is -3.76. The third-order valence-corrected chi connectivity index (χ3v) is 6.07. The van der Waals surface area contributed by atoms with Crippen molar-refractivity contribution >= 4 is 10.0 Å². The van der Waals surface area contributed by atoms with Crippen molar-refractivity contribution in [3.05, 3.63) is 76.9 Å². The van der Waals surface area contributed by atoms with Crippen molar-refractivity contribution in [3.63, 3.8) is 0 Å². The van der Waals surface area contributed by atoms with E-state index in [1.54, 1.807) is 32.9 Å². The number of hydrogen-bond donors (Lipinski definition) is 2. The molecule has 140 valence electrons. The molecule has 2 rings (SSSR count). The molecule has 4 nitrogen and oxygen atoms in total. The van der Waals surface area contributed by atoms with Crippen molar-refractivity contribution in [1.29, 1.82) is 0 Å². The first-order chi connectivity index (χ1) is 12.2. The van der Waals surface area contributed by atoms with Gasteiger partial charge in [-0.05, 0) is 50.8 Å². The third kappa shape index (κ3) is 5.04. The summed E-state index contributed by atoms with van der Waals surface area (Å²) in [6.07, 6.45) is 2.81. The fourth-order valence-corrected chi connectivity index (χ4v) is 4.99. The van der Waals surface area contributed by atoms with Crippen LogP contribution in [-0.2, 0) is 16.4 Å². The van der Waals surface area contributed by atoms with E-state index in [2.05, 4.69) is 4.72 Å². The summed E-state index contributed by atoms with van der Waals surface area (Å²) in [5, 5.41) is 10.4. The number of sulfonamides is 1. The minimum Gasteiger partial charge on any atom is -0.387 e. The predicted molar refractivity (Wildman–Crippen MR) is 106 cm³/mol. The average Bonchev–Trinajstić information content (AvgIpc) is 2.54. The summed E-state index contributed by atoms with van der Waals surface area (Å²) in [7, 11) is -3.76. The lowest BCUT2D eigenvalue weighted by molar-refractivity contribution is 0.182. The van der Waals surface area contributed by atoms with Crippen LogP contribution in [0.3, 0.4) is 0 Å². The summed E-state index contributed by atoms with van der Waals surface area (Å²) in [5.74, 6) is 0. The van der Waals surface area contributed by atoms with Crippen molar-refractivity contribution < 1.29 is 13.5 Å². The molecule has 5 heteroatoms. The van der Waals surface area contributed by atoms with Gasteiger partial charge in [-0.2, -0.15) is 0 Å². The first-order valence-corrected chi connectivity index (χ1v) is 10.2. The van der Waals surface area contributed by atoms with Crippen LogP contribution in [0, 0.1) is 20.8 Å². The minimum absolute atomic E-state index is 0.286. The number of aliphatic hydroxyl groups excluding tert-OH is 1. The summed E-state index contributed by atoms with van der Waals surface area (Å²) in [5.41, 5.74) is 3.39. The molecule has 0 radical (unpaired) electrons. The van der Waals surface area contributed by atoms with Crippen LogP contribution in [0.25, 0.3) is 0 Å². The van der Waals surface area contributed by atoms with Gasteiger partial charge in [-0.1, -0.05) is 60.2 Å². The van der Waals surface area contributed by atoms with Crippen LogP contribution in [0.1, 0.15) is 29.2 Å². The maximum absolute atomic E-state index is 13.0. The molecule has 0 unspecified atom stereocenters. The molecule has 0 amide bonds. The Hall–Kier alpha value is -1.95. The number of nitrogens with one attached hydrogen (secondary N) is 1. The van der Waals surface area contributed by atoms with E-state index in [4.69, 9.17) is 0 Å². The maximum Gasteiger partial charge on any atom is 0.241 e. The van der Waals surface area contributed by atoms with Crippen molar-refractivity contribution in [2.75, 3.05) is 0 Å². The van der Waals surface area contributed by atoms with Gasteiger partial charge in [0.2, 0.25) is 10.0 Å². The van der Waals surface area contributed by atoms with E-state index in [1.165, 1.54) is 0 Å².